The molecule has 1 amide bonds. The third kappa shape index (κ3) is 7.07. The van der Waals surface area contributed by atoms with Gasteiger partial charge >= 0.3 is 0 Å². The highest BCUT2D eigenvalue weighted by Crippen LogP contribution is 2.33. The van der Waals surface area contributed by atoms with Crippen molar-refractivity contribution in [1.82, 2.24) is 19.9 Å². The number of carbonyl (C=O) groups is 1. The molecule has 3 heterocycles. The summed E-state index contributed by atoms with van der Waals surface area (Å²) in [6.45, 7) is 1.16. The van der Waals surface area contributed by atoms with Crippen molar-refractivity contribution in [2.24, 2.45) is 11.7 Å². The summed E-state index contributed by atoms with van der Waals surface area (Å²) in [5.74, 6) is -2.13. The lowest BCUT2D eigenvalue weighted by Gasteiger charge is -2.39. The Balaban J connectivity index is 1.29. The molecule has 8 nitrogen and oxygen atoms in total. The van der Waals surface area contributed by atoms with Gasteiger partial charge in [0.05, 0.1) is 23.0 Å². The summed E-state index contributed by atoms with van der Waals surface area (Å²) in [6.07, 6.45) is 9.24. The van der Waals surface area contributed by atoms with Crippen molar-refractivity contribution in [2.45, 2.75) is 81.5 Å². The zero-order chi connectivity index (χ0) is 29.1. The van der Waals surface area contributed by atoms with Gasteiger partial charge in [-0.05, 0) is 73.8 Å². The van der Waals surface area contributed by atoms with Crippen LogP contribution in [0.15, 0.2) is 36.7 Å². The van der Waals surface area contributed by atoms with E-state index in [1.54, 1.807) is 10.4 Å². The number of halogens is 3. The Morgan fingerprint density at radius 1 is 1.12 bits per heavy atom. The van der Waals surface area contributed by atoms with Crippen LogP contribution >= 0.6 is 11.6 Å². The molecule has 224 valence electrons. The molecule has 3 aliphatic rings. The number of sulfonamides is 1. The molecule has 41 heavy (non-hydrogen) atoms. The number of amides is 1. The van der Waals surface area contributed by atoms with E-state index >= 15 is 0 Å². The molecule has 3 fully saturated rings. The number of aromatic nitrogens is 1. The fourth-order valence-corrected chi connectivity index (χ4v) is 8.66. The third-order valence-corrected chi connectivity index (χ3v) is 11.2. The van der Waals surface area contributed by atoms with Crippen LogP contribution in [0.4, 0.5) is 8.78 Å². The number of nitrogens with one attached hydrogen (secondary N) is 2. The van der Waals surface area contributed by atoms with Gasteiger partial charge < -0.3 is 16.4 Å². The first kappa shape index (κ1) is 30.3. The average molecular weight is 610 g/mol. The number of piperazine rings is 1. The topological polar surface area (TPSA) is 117 Å². The maximum atomic E-state index is 14.4. The Morgan fingerprint density at radius 2 is 1.93 bits per heavy atom. The van der Waals surface area contributed by atoms with E-state index in [0.717, 1.165) is 44.7 Å². The number of nitrogens with two attached hydrogens (primary N) is 1. The zero-order valence-electron chi connectivity index (χ0n) is 22.9. The van der Waals surface area contributed by atoms with Crippen LogP contribution in [-0.4, -0.2) is 66.6 Å². The Hall–Kier alpha value is -2.18. The summed E-state index contributed by atoms with van der Waals surface area (Å²) in [4.78, 5) is 17.5. The van der Waals surface area contributed by atoms with Gasteiger partial charge in [-0.15, -0.1) is 0 Å². The second-order valence-corrected chi connectivity index (χ2v) is 14.1. The van der Waals surface area contributed by atoms with Crippen molar-refractivity contribution < 1.29 is 22.0 Å². The number of carbonyl (C=O) groups excluding carboxylic acids is 1. The molecule has 1 unspecified atom stereocenters. The summed E-state index contributed by atoms with van der Waals surface area (Å²) >= 11 is 5.88. The molecule has 2 aliphatic heterocycles. The fourth-order valence-electron chi connectivity index (χ4n) is 6.74. The first-order valence-electron chi connectivity index (χ1n) is 14.5. The molecule has 2 saturated heterocycles. The molecule has 1 aliphatic carbocycles. The highest BCUT2D eigenvalue weighted by atomic mass is 35.5. The van der Waals surface area contributed by atoms with E-state index in [1.165, 1.54) is 24.4 Å². The number of fused-ring (bicyclic) bond motifs is 2. The maximum absolute atomic E-state index is 14.4. The molecule has 4 N–H and O–H groups in total. The molecule has 12 heteroatoms. The number of hydrogen-bond acceptors (Lipinski definition) is 6. The first-order chi connectivity index (χ1) is 19.6. The summed E-state index contributed by atoms with van der Waals surface area (Å²) in [5, 5.41) is 6.60. The molecular weight excluding hydrogens is 572 g/mol. The number of benzene rings is 1. The summed E-state index contributed by atoms with van der Waals surface area (Å²) in [6, 6.07) is 4.29. The van der Waals surface area contributed by atoms with Crippen molar-refractivity contribution in [2.75, 3.05) is 18.8 Å². The third-order valence-electron chi connectivity index (χ3n) is 8.92. The Labute approximate surface area is 245 Å². The molecule has 2 bridgehead atoms. The van der Waals surface area contributed by atoms with E-state index in [1.807, 2.05) is 0 Å². The van der Waals surface area contributed by atoms with Gasteiger partial charge in [0.25, 0.3) is 0 Å². The standard InChI is InChI=1S/C29H38ClF2N5O3S/c30-24-10-8-19(13-25(24)32)27(20-12-21(31)15-34-14-20)28(33)29(38)36-26-6-2-1-4-18(26)7-9-23-16-35-22-5-3-11-41(39,40)37(23)17-22/h8,10,12-15,18,22-23,26-28,35H,1-7,9,11,16-17,33H2,(H,36,38)/t18-,22-,23+,26+,27+,28+/m1/s1. The van der Waals surface area contributed by atoms with Gasteiger partial charge in [-0.2, -0.15) is 4.31 Å². The minimum Gasteiger partial charge on any atom is -0.352 e. The number of pyridine rings is 1. The summed E-state index contributed by atoms with van der Waals surface area (Å²) < 4.78 is 56.0. The van der Waals surface area contributed by atoms with Crippen molar-refractivity contribution >= 4 is 27.5 Å². The van der Waals surface area contributed by atoms with Gasteiger partial charge in [0.1, 0.15) is 11.6 Å². The largest absolute Gasteiger partial charge is 0.352 e. The molecule has 1 saturated carbocycles. The van der Waals surface area contributed by atoms with E-state index < -0.39 is 39.5 Å². The van der Waals surface area contributed by atoms with E-state index in [0.29, 0.717) is 37.1 Å². The van der Waals surface area contributed by atoms with Crippen LogP contribution in [0.5, 0.6) is 0 Å². The van der Waals surface area contributed by atoms with Gasteiger partial charge in [0.15, 0.2) is 0 Å². The monoisotopic (exact) mass is 609 g/mol. The lowest BCUT2D eigenvalue weighted by atomic mass is 9.80. The van der Waals surface area contributed by atoms with E-state index in [9.17, 15) is 22.0 Å². The second kappa shape index (κ2) is 13.0. The number of hydrogen-bond donors (Lipinski definition) is 3. The Morgan fingerprint density at radius 3 is 2.71 bits per heavy atom. The van der Waals surface area contributed by atoms with Gasteiger partial charge in [-0.3, -0.25) is 9.78 Å². The molecule has 5 rings (SSSR count). The van der Waals surface area contributed by atoms with Crippen molar-refractivity contribution in [1.29, 1.82) is 0 Å². The van der Waals surface area contributed by atoms with E-state index in [2.05, 4.69) is 15.6 Å². The predicted octanol–water partition coefficient (Wildman–Crippen LogP) is 3.69. The molecule has 0 spiro atoms. The van der Waals surface area contributed by atoms with Gasteiger partial charge in [-0.25, -0.2) is 17.2 Å². The fraction of sp³-hybridized carbons (Fsp3) is 0.586. The minimum atomic E-state index is -3.27. The quantitative estimate of drug-likeness (QED) is 0.420. The van der Waals surface area contributed by atoms with Crippen LogP contribution in [-0.2, 0) is 14.8 Å². The van der Waals surface area contributed by atoms with Crippen LogP contribution in [0.1, 0.15) is 68.4 Å². The minimum absolute atomic E-state index is 0.0652. The Kier molecular flexibility index (Phi) is 9.60. The average Bonchev–Trinajstić information content (AvgIpc) is 3.06. The number of nitrogens with zero attached hydrogens (tertiary/aromatic N) is 2. The lowest BCUT2D eigenvalue weighted by Crippen LogP contribution is -2.57. The molecule has 2 aromatic rings. The molecule has 1 aromatic carbocycles. The maximum Gasteiger partial charge on any atom is 0.238 e. The lowest BCUT2D eigenvalue weighted by molar-refractivity contribution is -0.124. The van der Waals surface area contributed by atoms with Crippen LogP contribution in [0, 0.1) is 17.6 Å². The van der Waals surface area contributed by atoms with Crippen molar-refractivity contribution in [3.8, 4) is 0 Å². The van der Waals surface area contributed by atoms with Crippen molar-refractivity contribution in [3.05, 3.63) is 64.4 Å². The molecule has 1 aromatic heterocycles. The van der Waals surface area contributed by atoms with Crippen LogP contribution in [0.3, 0.4) is 0 Å². The highest BCUT2D eigenvalue weighted by Gasteiger charge is 2.39. The van der Waals surface area contributed by atoms with Gasteiger partial charge in [-0.1, -0.05) is 30.5 Å². The normalized spacial score (nSPS) is 29.2. The highest BCUT2D eigenvalue weighted by molar-refractivity contribution is 7.89. The molecule has 0 radical (unpaired) electrons. The molecular formula is C29H38ClF2N5O3S. The Bertz CT molecular complexity index is 1350. The number of rotatable bonds is 8. The van der Waals surface area contributed by atoms with Crippen LogP contribution in [0.25, 0.3) is 0 Å². The van der Waals surface area contributed by atoms with Gasteiger partial charge in [0.2, 0.25) is 15.9 Å². The zero-order valence-corrected chi connectivity index (χ0v) is 24.5. The van der Waals surface area contributed by atoms with Gasteiger partial charge in [0, 0.05) is 43.3 Å². The smallest absolute Gasteiger partial charge is 0.238 e. The summed E-state index contributed by atoms with van der Waals surface area (Å²) in [7, 11) is -3.27. The molecule has 7 atom stereocenters. The SMILES string of the molecule is N[C@H](C(=O)N[C@H]1CCCC[C@@H]1CC[C@H]1CN[C@@H]2CCCS(=O)(=O)N1C2)[C@H](c1cncc(F)c1)c1ccc(Cl)c(F)c1. The predicted molar refractivity (Wildman–Crippen MR) is 154 cm³/mol. The summed E-state index contributed by atoms with van der Waals surface area (Å²) in [5.41, 5.74) is 7.27. The first-order valence-corrected chi connectivity index (χ1v) is 16.5. The van der Waals surface area contributed by atoms with Crippen molar-refractivity contribution in [3.63, 3.8) is 0 Å². The van der Waals surface area contributed by atoms with E-state index in [-0.39, 0.29) is 34.8 Å². The van der Waals surface area contributed by atoms with E-state index in [4.69, 9.17) is 17.3 Å². The van der Waals surface area contributed by atoms with Crippen LogP contribution < -0.4 is 16.4 Å². The van der Waals surface area contributed by atoms with Crippen LogP contribution in [0.2, 0.25) is 5.02 Å². The second-order valence-electron chi connectivity index (χ2n) is 11.6.